The Kier molecular flexibility index (Phi) is 3.83. The van der Waals surface area contributed by atoms with Crippen LogP contribution in [0.5, 0.6) is 0 Å². The molecule has 0 unspecified atom stereocenters. The quantitative estimate of drug-likeness (QED) is 0.461. The molecule has 4 N–H and O–H groups in total. The predicted octanol–water partition coefficient (Wildman–Crippen LogP) is 1.02. The highest BCUT2D eigenvalue weighted by Gasteiger charge is 2.24. The van der Waals surface area contributed by atoms with Gasteiger partial charge in [0.1, 0.15) is 0 Å². The average molecular weight is 158 g/mol. The van der Waals surface area contributed by atoms with Gasteiger partial charge in [-0.2, -0.15) is 0 Å². The van der Waals surface area contributed by atoms with Gasteiger partial charge in [-0.05, 0) is 25.7 Å². The minimum Gasteiger partial charge on any atom is -0.320 e. The Bertz CT molecular complexity index is 88.3. The maximum atomic E-state index is 6.50. The number of nitrogens with one attached hydrogen (secondary N) is 1. The fraction of sp³-hybridized carbons (Fsp3) is 1.00. The van der Waals surface area contributed by atoms with Crippen molar-refractivity contribution < 1.29 is 5.21 Å². The molecule has 3 nitrogen and oxygen atoms in total. The van der Waals surface area contributed by atoms with Crippen LogP contribution in [0.1, 0.15) is 38.5 Å². The fourth-order valence-corrected chi connectivity index (χ4v) is 2.18. The van der Waals surface area contributed by atoms with E-state index in [4.69, 9.17) is 5.21 Å². The SMILES string of the molecule is C1CC2CCCC(C1)N2.NO. The molecule has 66 valence electrons. The topological polar surface area (TPSA) is 58.3 Å². The summed E-state index contributed by atoms with van der Waals surface area (Å²) in [5.74, 6) is 3.50. The third-order valence-corrected chi connectivity index (χ3v) is 2.68. The van der Waals surface area contributed by atoms with Crippen LogP contribution in [0.2, 0.25) is 0 Å². The lowest BCUT2D eigenvalue weighted by atomic mass is 9.87. The number of piperidine rings is 2. The largest absolute Gasteiger partial charge is 0.320 e. The Morgan fingerprint density at radius 1 is 0.909 bits per heavy atom. The first kappa shape index (κ1) is 8.97. The molecule has 0 aromatic rings. The monoisotopic (exact) mass is 158 g/mol. The van der Waals surface area contributed by atoms with E-state index >= 15 is 0 Å². The molecule has 0 amide bonds. The maximum absolute atomic E-state index is 6.50. The lowest BCUT2D eigenvalue weighted by Crippen LogP contribution is -2.45. The first-order valence-electron chi connectivity index (χ1n) is 4.47. The Morgan fingerprint density at radius 2 is 1.27 bits per heavy atom. The second kappa shape index (κ2) is 4.70. The number of fused-ring (bicyclic) bond motifs is 2. The van der Waals surface area contributed by atoms with Crippen LogP contribution in [-0.2, 0) is 0 Å². The first-order valence-corrected chi connectivity index (χ1v) is 4.47. The van der Waals surface area contributed by atoms with Crippen molar-refractivity contribution in [3.8, 4) is 0 Å². The number of nitrogens with two attached hydrogens (primary N) is 1. The van der Waals surface area contributed by atoms with E-state index in [2.05, 4.69) is 11.2 Å². The van der Waals surface area contributed by atoms with E-state index in [1.165, 1.54) is 38.5 Å². The van der Waals surface area contributed by atoms with Crippen LogP contribution in [-0.4, -0.2) is 17.3 Å². The molecule has 0 aromatic heterocycles. The molecule has 2 heterocycles. The van der Waals surface area contributed by atoms with E-state index in [0.29, 0.717) is 0 Å². The molecule has 2 rings (SSSR count). The molecular weight excluding hydrogens is 140 g/mol. The smallest absolute Gasteiger partial charge is 0.00696 e. The molecule has 2 aliphatic heterocycles. The van der Waals surface area contributed by atoms with Gasteiger partial charge in [0.25, 0.3) is 0 Å². The summed E-state index contributed by atoms with van der Waals surface area (Å²) >= 11 is 0. The van der Waals surface area contributed by atoms with E-state index in [9.17, 15) is 0 Å². The van der Waals surface area contributed by atoms with Crippen molar-refractivity contribution in [1.82, 2.24) is 5.32 Å². The van der Waals surface area contributed by atoms with E-state index in [1.54, 1.807) is 0 Å². The Morgan fingerprint density at radius 3 is 1.55 bits per heavy atom. The van der Waals surface area contributed by atoms with Crippen LogP contribution in [0.15, 0.2) is 0 Å². The summed E-state index contributed by atoms with van der Waals surface area (Å²) in [6, 6.07) is 1.80. The van der Waals surface area contributed by atoms with Crippen molar-refractivity contribution in [1.29, 1.82) is 0 Å². The van der Waals surface area contributed by atoms with Gasteiger partial charge in [0.15, 0.2) is 0 Å². The summed E-state index contributed by atoms with van der Waals surface area (Å²) in [5, 5.41) is 10.2. The van der Waals surface area contributed by atoms with E-state index in [1.807, 2.05) is 0 Å². The van der Waals surface area contributed by atoms with Crippen molar-refractivity contribution in [3.05, 3.63) is 0 Å². The van der Waals surface area contributed by atoms with Gasteiger partial charge in [-0.1, -0.05) is 12.8 Å². The standard InChI is InChI=1S/C8H15N.H3NO/c1-3-7-5-2-6-8(4-1)9-7;1-2/h7-9H,1-6H2;2H,1H2. The van der Waals surface area contributed by atoms with Crippen molar-refractivity contribution in [2.24, 2.45) is 5.90 Å². The summed E-state index contributed by atoms with van der Waals surface area (Å²) in [4.78, 5) is 0. The van der Waals surface area contributed by atoms with Gasteiger partial charge in [0, 0.05) is 12.1 Å². The van der Waals surface area contributed by atoms with Crippen LogP contribution >= 0.6 is 0 Å². The molecule has 0 atom stereocenters. The van der Waals surface area contributed by atoms with Gasteiger partial charge >= 0.3 is 0 Å². The Labute approximate surface area is 67.9 Å². The molecule has 0 radical (unpaired) electrons. The summed E-state index contributed by atoms with van der Waals surface area (Å²) in [5.41, 5.74) is 0. The molecule has 0 saturated carbocycles. The van der Waals surface area contributed by atoms with Gasteiger partial charge in [0.05, 0.1) is 0 Å². The number of hydrogen-bond acceptors (Lipinski definition) is 3. The molecule has 2 fully saturated rings. The second-order valence-corrected chi connectivity index (χ2v) is 3.42. The third kappa shape index (κ3) is 2.43. The van der Waals surface area contributed by atoms with Crippen LogP contribution in [0.25, 0.3) is 0 Å². The third-order valence-electron chi connectivity index (χ3n) is 2.68. The lowest BCUT2D eigenvalue weighted by Gasteiger charge is -2.35. The lowest BCUT2D eigenvalue weighted by molar-refractivity contribution is 0.243. The van der Waals surface area contributed by atoms with Crippen LogP contribution in [0.4, 0.5) is 0 Å². The second-order valence-electron chi connectivity index (χ2n) is 3.42. The van der Waals surface area contributed by atoms with Crippen molar-refractivity contribution in [2.75, 3.05) is 0 Å². The maximum Gasteiger partial charge on any atom is 0.00696 e. The Balaban J connectivity index is 0.000000281. The van der Waals surface area contributed by atoms with Gasteiger partial charge in [-0.3, -0.25) is 0 Å². The summed E-state index contributed by atoms with van der Waals surface area (Å²) in [7, 11) is 0. The van der Waals surface area contributed by atoms with Gasteiger partial charge < -0.3 is 10.5 Å². The highest BCUT2D eigenvalue weighted by molar-refractivity contribution is 4.84. The van der Waals surface area contributed by atoms with Crippen LogP contribution in [0.3, 0.4) is 0 Å². The van der Waals surface area contributed by atoms with Crippen LogP contribution in [0, 0.1) is 0 Å². The molecule has 0 spiro atoms. The number of rotatable bonds is 0. The average Bonchev–Trinajstić information content (AvgIpc) is 2.08. The first-order chi connectivity index (χ1) is 5.45. The predicted molar refractivity (Wildman–Crippen MR) is 44.4 cm³/mol. The van der Waals surface area contributed by atoms with E-state index in [0.717, 1.165) is 12.1 Å². The zero-order valence-corrected chi connectivity index (χ0v) is 6.92. The van der Waals surface area contributed by atoms with Crippen molar-refractivity contribution >= 4 is 0 Å². The molecular formula is C8H18N2O. The van der Waals surface area contributed by atoms with Gasteiger partial charge in [0.2, 0.25) is 0 Å². The van der Waals surface area contributed by atoms with Crippen LogP contribution < -0.4 is 11.2 Å². The van der Waals surface area contributed by atoms with Crippen molar-refractivity contribution in [3.63, 3.8) is 0 Å². The van der Waals surface area contributed by atoms with E-state index in [-0.39, 0.29) is 0 Å². The Hall–Kier alpha value is -0.120. The zero-order chi connectivity index (χ0) is 8.10. The molecule has 2 saturated heterocycles. The summed E-state index contributed by atoms with van der Waals surface area (Å²) < 4.78 is 0. The minimum absolute atomic E-state index is 0.900. The zero-order valence-electron chi connectivity index (χ0n) is 6.92. The highest BCUT2D eigenvalue weighted by Crippen LogP contribution is 2.24. The normalized spacial score (nSPS) is 35.5. The molecule has 11 heavy (non-hydrogen) atoms. The fourth-order valence-electron chi connectivity index (χ4n) is 2.18. The molecule has 3 heteroatoms. The molecule has 0 aromatic carbocycles. The van der Waals surface area contributed by atoms with Gasteiger partial charge in [-0.25, -0.2) is 5.90 Å². The minimum atomic E-state index is 0.900. The molecule has 0 aliphatic carbocycles. The molecule has 2 bridgehead atoms. The van der Waals surface area contributed by atoms with E-state index < -0.39 is 0 Å². The van der Waals surface area contributed by atoms with Crippen molar-refractivity contribution in [2.45, 2.75) is 50.6 Å². The summed E-state index contributed by atoms with van der Waals surface area (Å²) in [6.07, 6.45) is 8.71. The highest BCUT2D eigenvalue weighted by atomic mass is 16.4. The van der Waals surface area contributed by atoms with Gasteiger partial charge in [-0.15, -0.1) is 0 Å². The number of hydrogen-bond donors (Lipinski definition) is 3. The summed E-state index contributed by atoms with van der Waals surface area (Å²) in [6.45, 7) is 0. The molecule has 2 aliphatic rings.